The highest BCUT2D eigenvalue weighted by atomic mass is 32.2. The van der Waals surface area contributed by atoms with Crippen LogP contribution in [0.5, 0.6) is 0 Å². The Morgan fingerprint density at radius 1 is 1.40 bits per heavy atom. The fraction of sp³-hybridized carbons (Fsp3) is 1.00. The minimum atomic E-state index is -2.31. The molecule has 2 unspecified atom stereocenters. The molecular weight excluding hydrogens is 156 g/mol. The van der Waals surface area contributed by atoms with Crippen LogP contribution in [0.25, 0.3) is 0 Å². The zero-order chi connectivity index (χ0) is 7.35. The van der Waals surface area contributed by atoms with Crippen LogP contribution in [-0.2, 0) is 0 Å². The molecule has 4 heteroatoms. The standard InChI is InChI=1S/C6H9F2NS/c1-10-9-2-4-5(3-9)6(4,7)8/h4-5H,2-3H2,1H3. The summed E-state index contributed by atoms with van der Waals surface area (Å²) in [6.45, 7) is 1.16. The summed E-state index contributed by atoms with van der Waals surface area (Å²) in [5, 5.41) is 0. The monoisotopic (exact) mass is 165 g/mol. The van der Waals surface area contributed by atoms with Crippen molar-refractivity contribution >= 4 is 11.9 Å². The highest BCUT2D eigenvalue weighted by Crippen LogP contribution is 2.59. The molecule has 2 aliphatic rings. The first kappa shape index (κ1) is 6.85. The van der Waals surface area contributed by atoms with E-state index in [1.807, 2.05) is 10.6 Å². The lowest BCUT2D eigenvalue weighted by Crippen LogP contribution is -2.20. The molecule has 0 aromatic rings. The lowest BCUT2D eigenvalue weighted by Gasteiger charge is -2.14. The second kappa shape index (κ2) is 1.85. The Morgan fingerprint density at radius 3 is 2.30 bits per heavy atom. The summed E-state index contributed by atoms with van der Waals surface area (Å²) < 4.78 is 27.0. The molecule has 1 aliphatic heterocycles. The van der Waals surface area contributed by atoms with E-state index in [1.165, 1.54) is 0 Å². The summed E-state index contributed by atoms with van der Waals surface area (Å²) in [5.74, 6) is -2.95. The van der Waals surface area contributed by atoms with Crippen molar-refractivity contribution in [1.82, 2.24) is 4.31 Å². The number of rotatable bonds is 1. The maximum atomic E-state index is 12.5. The van der Waals surface area contributed by atoms with Gasteiger partial charge in [-0.25, -0.2) is 13.1 Å². The van der Waals surface area contributed by atoms with Gasteiger partial charge in [-0.3, -0.25) is 0 Å². The van der Waals surface area contributed by atoms with Crippen LogP contribution in [-0.4, -0.2) is 29.6 Å². The molecule has 0 N–H and O–H groups in total. The topological polar surface area (TPSA) is 3.24 Å². The largest absolute Gasteiger partial charge is 0.257 e. The second-order valence-electron chi connectivity index (χ2n) is 2.92. The highest BCUT2D eigenvalue weighted by Gasteiger charge is 2.71. The van der Waals surface area contributed by atoms with Gasteiger partial charge < -0.3 is 0 Å². The molecule has 10 heavy (non-hydrogen) atoms. The van der Waals surface area contributed by atoms with Crippen molar-refractivity contribution in [3.63, 3.8) is 0 Å². The maximum Gasteiger partial charge on any atom is 0.257 e. The van der Waals surface area contributed by atoms with Gasteiger partial charge in [-0.1, -0.05) is 11.9 Å². The molecule has 58 valence electrons. The Bertz CT molecular complexity index is 148. The minimum Gasteiger partial charge on any atom is -0.250 e. The van der Waals surface area contributed by atoms with Gasteiger partial charge in [0.25, 0.3) is 5.92 Å². The molecule has 0 aromatic carbocycles. The smallest absolute Gasteiger partial charge is 0.250 e. The van der Waals surface area contributed by atoms with Crippen LogP contribution < -0.4 is 0 Å². The van der Waals surface area contributed by atoms with Crippen LogP contribution in [0.4, 0.5) is 8.78 Å². The predicted octanol–water partition coefficient (Wildman–Crippen LogP) is 1.46. The Hall–Kier alpha value is 0.170. The normalized spacial score (nSPS) is 43.5. The van der Waals surface area contributed by atoms with Gasteiger partial charge in [0.2, 0.25) is 0 Å². The number of hydrogen-bond donors (Lipinski definition) is 0. The fourth-order valence-corrected chi connectivity index (χ4v) is 2.24. The van der Waals surface area contributed by atoms with Crippen LogP contribution in [0, 0.1) is 11.8 Å². The molecule has 1 aliphatic carbocycles. The van der Waals surface area contributed by atoms with E-state index in [9.17, 15) is 8.78 Å². The number of fused-ring (bicyclic) bond motifs is 1. The SMILES string of the molecule is CSN1CC2C(C1)C2(F)F. The zero-order valence-electron chi connectivity index (χ0n) is 5.68. The van der Waals surface area contributed by atoms with Crippen LogP contribution >= 0.6 is 11.9 Å². The van der Waals surface area contributed by atoms with Crippen molar-refractivity contribution in [3.05, 3.63) is 0 Å². The zero-order valence-corrected chi connectivity index (χ0v) is 6.50. The second-order valence-corrected chi connectivity index (χ2v) is 3.80. The third kappa shape index (κ3) is 0.719. The van der Waals surface area contributed by atoms with Crippen LogP contribution in [0.15, 0.2) is 0 Å². The first-order valence-corrected chi connectivity index (χ1v) is 4.51. The summed E-state index contributed by atoms with van der Waals surface area (Å²) in [6, 6.07) is 0. The van der Waals surface area contributed by atoms with Gasteiger partial charge in [0.1, 0.15) is 0 Å². The van der Waals surface area contributed by atoms with Crippen molar-refractivity contribution in [2.24, 2.45) is 11.8 Å². The van der Waals surface area contributed by atoms with Crippen molar-refractivity contribution in [2.75, 3.05) is 19.3 Å². The van der Waals surface area contributed by atoms with Crippen molar-refractivity contribution in [3.8, 4) is 0 Å². The molecule has 2 fully saturated rings. The Morgan fingerprint density at radius 2 is 1.90 bits per heavy atom. The van der Waals surface area contributed by atoms with Crippen LogP contribution in [0.1, 0.15) is 0 Å². The van der Waals surface area contributed by atoms with E-state index in [4.69, 9.17) is 0 Å². The maximum absolute atomic E-state index is 12.5. The average molecular weight is 165 g/mol. The molecule has 1 saturated carbocycles. The van der Waals surface area contributed by atoms with E-state index < -0.39 is 5.92 Å². The van der Waals surface area contributed by atoms with Gasteiger partial charge in [-0.05, 0) is 6.26 Å². The van der Waals surface area contributed by atoms with Gasteiger partial charge in [0.15, 0.2) is 0 Å². The summed E-state index contributed by atoms with van der Waals surface area (Å²) in [5.41, 5.74) is 0. The number of nitrogens with zero attached hydrogens (tertiary/aromatic N) is 1. The first-order valence-electron chi connectivity index (χ1n) is 3.33. The number of hydrogen-bond acceptors (Lipinski definition) is 2. The van der Waals surface area contributed by atoms with Crippen LogP contribution in [0.2, 0.25) is 0 Å². The summed E-state index contributed by atoms with van der Waals surface area (Å²) >= 11 is 1.57. The molecule has 0 bridgehead atoms. The number of alkyl halides is 2. The Labute approximate surface area is 62.9 Å². The molecule has 2 atom stereocenters. The van der Waals surface area contributed by atoms with Gasteiger partial charge >= 0.3 is 0 Å². The van der Waals surface area contributed by atoms with E-state index in [1.54, 1.807) is 11.9 Å². The first-order chi connectivity index (χ1) is 4.66. The minimum absolute atomic E-state index is 0.319. The summed E-state index contributed by atoms with van der Waals surface area (Å²) in [7, 11) is 0. The van der Waals surface area contributed by atoms with Gasteiger partial charge in [-0.2, -0.15) is 0 Å². The van der Waals surface area contributed by atoms with E-state index in [0.717, 1.165) is 0 Å². The molecule has 0 radical (unpaired) electrons. The average Bonchev–Trinajstić information content (AvgIpc) is 2.37. The number of halogens is 2. The van der Waals surface area contributed by atoms with Gasteiger partial charge in [-0.15, -0.1) is 0 Å². The lowest BCUT2D eigenvalue weighted by molar-refractivity contribution is 0.0674. The van der Waals surface area contributed by atoms with Crippen molar-refractivity contribution in [2.45, 2.75) is 5.92 Å². The lowest BCUT2D eigenvalue weighted by atomic mass is 10.4. The molecule has 0 amide bonds. The molecule has 0 spiro atoms. The van der Waals surface area contributed by atoms with E-state index in [2.05, 4.69) is 0 Å². The molecule has 2 rings (SSSR count). The Kier molecular flexibility index (Phi) is 1.27. The third-order valence-corrected chi connectivity index (χ3v) is 3.24. The molecular formula is C6H9F2NS. The van der Waals surface area contributed by atoms with Gasteiger partial charge in [0, 0.05) is 24.9 Å². The summed E-state index contributed by atoms with van der Waals surface area (Å²) in [6.07, 6.45) is 1.93. The van der Waals surface area contributed by atoms with Crippen LogP contribution in [0.3, 0.4) is 0 Å². The van der Waals surface area contributed by atoms with Crippen molar-refractivity contribution < 1.29 is 8.78 Å². The van der Waals surface area contributed by atoms with E-state index in [-0.39, 0.29) is 11.8 Å². The van der Waals surface area contributed by atoms with E-state index >= 15 is 0 Å². The molecule has 1 heterocycles. The van der Waals surface area contributed by atoms with Gasteiger partial charge in [0.05, 0.1) is 0 Å². The quantitative estimate of drug-likeness (QED) is 0.541. The third-order valence-electron chi connectivity index (χ3n) is 2.42. The predicted molar refractivity (Wildman–Crippen MR) is 37.0 cm³/mol. The molecule has 0 aromatic heterocycles. The summed E-state index contributed by atoms with van der Waals surface area (Å²) in [4.78, 5) is 0. The number of piperidine rings is 1. The van der Waals surface area contributed by atoms with E-state index in [0.29, 0.717) is 13.1 Å². The fourth-order valence-electron chi connectivity index (χ4n) is 1.62. The highest BCUT2D eigenvalue weighted by molar-refractivity contribution is 7.96. The molecule has 1 nitrogen and oxygen atoms in total. The Balaban J connectivity index is 1.96. The van der Waals surface area contributed by atoms with Crippen molar-refractivity contribution in [1.29, 1.82) is 0 Å². The molecule has 1 saturated heterocycles.